The van der Waals surface area contributed by atoms with Gasteiger partial charge in [-0.1, -0.05) is 12.1 Å². The summed E-state index contributed by atoms with van der Waals surface area (Å²) >= 11 is 1.52. The first-order valence-corrected chi connectivity index (χ1v) is 15.5. The number of aromatic nitrogens is 2. The highest BCUT2D eigenvalue weighted by atomic mass is 32.2. The fraction of sp³-hybridized carbons (Fsp3) is 0.310. The zero-order chi connectivity index (χ0) is 29.1. The predicted molar refractivity (Wildman–Crippen MR) is 157 cm³/mol. The standard InChI is InChI=1S/C29H30N6O4S2/c1-18-14-22(16-30)15-19(2)26(18)39-28-27-25(10-13-40-27)32-29(33-28)31-23-8-11-35(12-9-23)17-21-4-6-24(7-5-21)41(37,38)34-20(3)36/h4-7,10,13-15,23H,8-9,11-12,17H2,1-3H3,(H,34,36)(H,31,32,33). The Labute approximate surface area is 243 Å². The molecule has 0 unspecified atom stereocenters. The van der Waals surface area contributed by atoms with Crippen LogP contribution in [-0.2, 0) is 21.4 Å². The summed E-state index contributed by atoms with van der Waals surface area (Å²) in [6.45, 7) is 7.43. The van der Waals surface area contributed by atoms with E-state index < -0.39 is 15.9 Å². The number of piperidine rings is 1. The molecule has 212 valence electrons. The molecule has 0 atom stereocenters. The van der Waals surface area contributed by atoms with Crippen molar-refractivity contribution in [1.82, 2.24) is 19.6 Å². The number of benzene rings is 2. The highest BCUT2D eigenvalue weighted by molar-refractivity contribution is 7.90. The van der Waals surface area contributed by atoms with Gasteiger partial charge in [0.25, 0.3) is 10.0 Å². The summed E-state index contributed by atoms with van der Waals surface area (Å²) < 4.78 is 33.5. The van der Waals surface area contributed by atoms with E-state index in [9.17, 15) is 18.5 Å². The largest absolute Gasteiger partial charge is 0.437 e. The molecule has 41 heavy (non-hydrogen) atoms. The molecule has 1 aliphatic rings. The van der Waals surface area contributed by atoms with Gasteiger partial charge in [0, 0.05) is 32.6 Å². The maximum absolute atomic E-state index is 12.2. The van der Waals surface area contributed by atoms with E-state index >= 15 is 0 Å². The molecule has 0 radical (unpaired) electrons. The number of sulfonamides is 1. The molecule has 3 heterocycles. The van der Waals surface area contributed by atoms with Gasteiger partial charge in [-0.25, -0.2) is 18.1 Å². The molecule has 1 aliphatic heterocycles. The lowest BCUT2D eigenvalue weighted by molar-refractivity contribution is -0.117. The van der Waals surface area contributed by atoms with Gasteiger partial charge >= 0.3 is 0 Å². The van der Waals surface area contributed by atoms with Crippen LogP contribution in [0.4, 0.5) is 5.95 Å². The summed E-state index contributed by atoms with van der Waals surface area (Å²) in [6.07, 6.45) is 1.79. The molecule has 2 aromatic carbocycles. The van der Waals surface area contributed by atoms with Crippen LogP contribution < -0.4 is 14.8 Å². The second-order valence-corrected chi connectivity index (χ2v) is 12.7. The molecule has 0 bridgehead atoms. The summed E-state index contributed by atoms with van der Waals surface area (Å²) in [7, 11) is -3.84. The van der Waals surface area contributed by atoms with Crippen molar-refractivity contribution in [2.24, 2.45) is 0 Å². The summed E-state index contributed by atoms with van der Waals surface area (Å²) in [4.78, 5) is 23.0. The Kier molecular flexibility index (Phi) is 8.21. The summed E-state index contributed by atoms with van der Waals surface area (Å²) in [6, 6.07) is 14.5. The Balaban J connectivity index is 1.22. The number of hydrogen-bond acceptors (Lipinski definition) is 10. The molecule has 4 aromatic rings. The highest BCUT2D eigenvalue weighted by Crippen LogP contribution is 2.36. The van der Waals surface area contributed by atoms with Crippen molar-refractivity contribution in [2.45, 2.75) is 51.1 Å². The van der Waals surface area contributed by atoms with Crippen molar-refractivity contribution in [3.8, 4) is 17.7 Å². The first-order valence-electron chi connectivity index (χ1n) is 13.2. The fourth-order valence-corrected chi connectivity index (χ4v) is 6.69. The van der Waals surface area contributed by atoms with Crippen molar-refractivity contribution < 1.29 is 17.9 Å². The number of anilines is 1. The highest BCUT2D eigenvalue weighted by Gasteiger charge is 2.22. The third-order valence-corrected chi connectivity index (χ3v) is 9.24. The van der Waals surface area contributed by atoms with Gasteiger partial charge in [0.15, 0.2) is 0 Å². The average molecular weight is 591 g/mol. The number of nitrogens with zero attached hydrogens (tertiary/aromatic N) is 4. The third kappa shape index (κ3) is 6.65. The maximum Gasteiger partial charge on any atom is 0.264 e. The zero-order valence-corrected chi connectivity index (χ0v) is 24.6. The van der Waals surface area contributed by atoms with Crippen LogP contribution in [0.2, 0.25) is 0 Å². The smallest absolute Gasteiger partial charge is 0.264 e. The topological polar surface area (TPSA) is 137 Å². The summed E-state index contributed by atoms with van der Waals surface area (Å²) in [5.41, 5.74) is 4.15. The van der Waals surface area contributed by atoms with Gasteiger partial charge < -0.3 is 10.1 Å². The zero-order valence-electron chi connectivity index (χ0n) is 23.0. The van der Waals surface area contributed by atoms with Gasteiger partial charge in [-0.05, 0) is 79.1 Å². The second-order valence-electron chi connectivity index (χ2n) is 10.1. The molecule has 0 aliphatic carbocycles. The minimum Gasteiger partial charge on any atom is -0.437 e. The lowest BCUT2D eigenvalue weighted by atomic mass is 10.0. The quantitative estimate of drug-likeness (QED) is 0.294. The number of amides is 1. The number of ether oxygens (including phenoxy) is 1. The first-order chi connectivity index (χ1) is 19.6. The van der Waals surface area contributed by atoms with Crippen molar-refractivity contribution in [1.29, 1.82) is 5.26 Å². The summed E-state index contributed by atoms with van der Waals surface area (Å²) in [5, 5.41) is 14.7. The Morgan fingerprint density at radius 2 is 1.80 bits per heavy atom. The fourth-order valence-electron chi connectivity index (χ4n) is 4.94. The third-order valence-electron chi connectivity index (χ3n) is 6.90. The van der Waals surface area contributed by atoms with E-state index in [1.165, 1.54) is 30.4 Å². The molecule has 12 heteroatoms. The molecule has 2 aromatic heterocycles. The molecular weight excluding hydrogens is 560 g/mol. The van der Waals surface area contributed by atoms with Crippen LogP contribution in [0.3, 0.4) is 0 Å². The molecule has 2 N–H and O–H groups in total. The van der Waals surface area contributed by atoms with Crippen molar-refractivity contribution in [3.63, 3.8) is 0 Å². The normalized spacial score (nSPS) is 14.5. The monoisotopic (exact) mass is 590 g/mol. The lowest BCUT2D eigenvalue weighted by Gasteiger charge is -2.32. The number of nitriles is 1. The van der Waals surface area contributed by atoms with Gasteiger partial charge in [-0.3, -0.25) is 9.69 Å². The van der Waals surface area contributed by atoms with E-state index in [1.807, 2.05) is 42.1 Å². The van der Waals surface area contributed by atoms with Crippen LogP contribution in [0.25, 0.3) is 10.2 Å². The van der Waals surface area contributed by atoms with Crippen molar-refractivity contribution in [2.75, 3.05) is 18.4 Å². The molecule has 0 spiro atoms. The van der Waals surface area contributed by atoms with Gasteiger partial charge in [0.05, 0.1) is 22.0 Å². The number of likely N-dealkylation sites (tertiary alicyclic amines) is 1. The van der Waals surface area contributed by atoms with Crippen LogP contribution >= 0.6 is 11.3 Å². The van der Waals surface area contributed by atoms with Crippen LogP contribution in [0, 0.1) is 25.2 Å². The molecular formula is C29H30N6O4S2. The predicted octanol–water partition coefficient (Wildman–Crippen LogP) is 4.87. The van der Waals surface area contributed by atoms with Crippen LogP contribution in [0.5, 0.6) is 11.6 Å². The molecule has 1 fully saturated rings. The summed E-state index contributed by atoms with van der Waals surface area (Å²) in [5.74, 6) is 1.08. The molecule has 1 saturated heterocycles. The van der Waals surface area contributed by atoms with E-state index in [1.54, 1.807) is 12.1 Å². The van der Waals surface area contributed by atoms with E-state index in [-0.39, 0.29) is 10.9 Å². The minimum atomic E-state index is -3.84. The number of thiophene rings is 1. The number of hydrogen-bond donors (Lipinski definition) is 2. The van der Waals surface area contributed by atoms with Gasteiger partial charge in [0.1, 0.15) is 10.4 Å². The SMILES string of the molecule is CC(=O)NS(=O)(=O)c1ccc(CN2CCC(Nc3nc(Oc4c(C)cc(C#N)cc4C)c4sccc4n3)CC2)cc1. The van der Waals surface area contributed by atoms with E-state index in [0.717, 1.165) is 52.8 Å². The van der Waals surface area contributed by atoms with Crippen LogP contribution in [-0.4, -0.2) is 48.3 Å². The van der Waals surface area contributed by atoms with Gasteiger partial charge in [0.2, 0.25) is 17.7 Å². The first kappa shape index (κ1) is 28.5. The van der Waals surface area contributed by atoms with Crippen LogP contribution in [0.15, 0.2) is 52.7 Å². The van der Waals surface area contributed by atoms with Gasteiger partial charge in [-0.15, -0.1) is 11.3 Å². The average Bonchev–Trinajstić information content (AvgIpc) is 3.40. The second kappa shape index (κ2) is 11.8. The number of rotatable bonds is 8. The molecule has 5 rings (SSSR count). The minimum absolute atomic E-state index is 0.0646. The Bertz CT molecular complexity index is 1710. The number of carbonyl (C=O) groups is 1. The molecule has 0 saturated carbocycles. The van der Waals surface area contributed by atoms with E-state index in [4.69, 9.17) is 14.7 Å². The van der Waals surface area contributed by atoms with Crippen LogP contribution in [0.1, 0.15) is 42.0 Å². The lowest BCUT2D eigenvalue weighted by Crippen LogP contribution is -2.39. The molecule has 10 nitrogen and oxygen atoms in total. The van der Waals surface area contributed by atoms with E-state index in [0.29, 0.717) is 29.7 Å². The Morgan fingerprint density at radius 3 is 2.44 bits per heavy atom. The number of nitrogens with one attached hydrogen (secondary N) is 2. The number of aryl methyl sites for hydroxylation is 2. The maximum atomic E-state index is 12.2. The Morgan fingerprint density at radius 1 is 1.12 bits per heavy atom. The van der Waals surface area contributed by atoms with Crippen molar-refractivity contribution >= 4 is 43.4 Å². The van der Waals surface area contributed by atoms with Crippen molar-refractivity contribution in [3.05, 3.63) is 70.1 Å². The number of fused-ring (bicyclic) bond motifs is 1. The van der Waals surface area contributed by atoms with E-state index in [2.05, 4.69) is 16.3 Å². The van der Waals surface area contributed by atoms with Gasteiger partial charge in [-0.2, -0.15) is 10.2 Å². The number of carbonyl (C=O) groups excluding carboxylic acids is 1. The Hall–Kier alpha value is -4.05. The molecule has 1 amide bonds.